The van der Waals surface area contributed by atoms with Gasteiger partial charge in [0.15, 0.2) is 5.13 Å². The lowest BCUT2D eigenvalue weighted by Crippen LogP contribution is -2.09. The molecule has 0 unspecified atom stereocenters. The Labute approximate surface area is 144 Å². The number of rotatable bonds is 7. The molecule has 0 radical (unpaired) electrons. The van der Waals surface area contributed by atoms with E-state index in [1.54, 1.807) is 7.11 Å². The van der Waals surface area contributed by atoms with Crippen LogP contribution in [0.1, 0.15) is 0 Å². The number of hydrogen-bond donors (Lipinski definition) is 1. The summed E-state index contributed by atoms with van der Waals surface area (Å²) in [6.07, 6.45) is 0. The number of thiazole rings is 1. The largest absolute Gasteiger partial charge is 0.497 e. The molecule has 1 heterocycles. The summed E-state index contributed by atoms with van der Waals surface area (Å²) in [7, 11) is 1.64. The van der Waals surface area contributed by atoms with Crippen molar-refractivity contribution < 1.29 is 14.2 Å². The summed E-state index contributed by atoms with van der Waals surface area (Å²) in [4.78, 5) is 4.31. The molecule has 0 bridgehead atoms. The molecule has 0 aliphatic rings. The van der Waals surface area contributed by atoms with Crippen LogP contribution in [-0.2, 0) is 0 Å². The van der Waals surface area contributed by atoms with Gasteiger partial charge in [-0.3, -0.25) is 0 Å². The minimum Gasteiger partial charge on any atom is -0.497 e. The Morgan fingerprint density at radius 3 is 2.38 bits per heavy atom. The predicted octanol–water partition coefficient (Wildman–Crippen LogP) is 3.86. The highest BCUT2D eigenvalue weighted by Crippen LogP contribution is 2.31. The zero-order valence-electron chi connectivity index (χ0n) is 13.3. The standard InChI is InChI=1S/C18H18N2O3S/c1-21-13-6-8-14(9-7-13)22-10-11-23-17-5-3-2-4-15(17)16-12-24-18(19)20-16/h2-9,12H,10-11H2,1H3,(H2,19,20). The van der Waals surface area contributed by atoms with Gasteiger partial charge >= 0.3 is 0 Å². The number of para-hydroxylation sites is 1. The highest BCUT2D eigenvalue weighted by molar-refractivity contribution is 7.13. The molecule has 2 N–H and O–H groups in total. The van der Waals surface area contributed by atoms with Crippen LogP contribution in [0.15, 0.2) is 53.9 Å². The summed E-state index contributed by atoms with van der Waals surface area (Å²) >= 11 is 1.41. The zero-order chi connectivity index (χ0) is 16.8. The number of nitrogens with two attached hydrogens (primary N) is 1. The van der Waals surface area contributed by atoms with Crippen molar-refractivity contribution in [3.8, 4) is 28.5 Å². The Morgan fingerprint density at radius 2 is 1.67 bits per heavy atom. The molecule has 3 aromatic rings. The van der Waals surface area contributed by atoms with Crippen LogP contribution in [0.3, 0.4) is 0 Å². The number of anilines is 1. The van der Waals surface area contributed by atoms with E-state index < -0.39 is 0 Å². The number of ether oxygens (including phenoxy) is 3. The van der Waals surface area contributed by atoms with E-state index in [2.05, 4.69) is 4.98 Å². The van der Waals surface area contributed by atoms with Crippen LogP contribution in [0.25, 0.3) is 11.3 Å². The lowest BCUT2D eigenvalue weighted by atomic mass is 10.1. The van der Waals surface area contributed by atoms with Crippen LogP contribution in [0.2, 0.25) is 0 Å². The van der Waals surface area contributed by atoms with Crippen molar-refractivity contribution in [1.29, 1.82) is 0 Å². The Kier molecular flexibility index (Phi) is 5.18. The Morgan fingerprint density at radius 1 is 0.958 bits per heavy atom. The Balaban J connectivity index is 1.57. The van der Waals surface area contributed by atoms with Crippen molar-refractivity contribution in [1.82, 2.24) is 4.98 Å². The number of nitrogen functional groups attached to an aromatic ring is 1. The van der Waals surface area contributed by atoms with Gasteiger partial charge in [-0.25, -0.2) is 4.98 Å². The second-order valence-electron chi connectivity index (χ2n) is 4.94. The summed E-state index contributed by atoms with van der Waals surface area (Å²) < 4.78 is 16.6. The second-order valence-corrected chi connectivity index (χ2v) is 5.83. The summed E-state index contributed by atoms with van der Waals surface area (Å²) in [5.74, 6) is 2.34. The monoisotopic (exact) mass is 342 g/mol. The number of nitrogens with zero attached hydrogens (tertiary/aromatic N) is 1. The van der Waals surface area contributed by atoms with Gasteiger partial charge in [0.05, 0.1) is 12.8 Å². The molecule has 0 amide bonds. The minimum absolute atomic E-state index is 0.433. The van der Waals surface area contributed by atoms with Crippen molar-refractivity contribution in [2.24, 2.45) is 0 Å². The van der Waals surface area contributed by atoms with E-state index in [-0.39, 0.29) is 0 Å². The molecular formula is C18H18N2O3S. The smallest absolute Gasteiger partial charge is 0.180 e. The number of methoxy groups -OCH3 is 1. The van der Waals surface area contributed by atoms with Crippen molar-refractivity contribution in [3.05, 3.63) is 53.9 Å². The Hall–Kier alpha value is -2.73. The number of hydrogen-bond acceptors (Lipinski definition) is 6. The van der Waals surface area contributed by atoms with E-state index in [1.807, 2.05) is 53.9 Å². The van der Waals surface area contributed by atoms with Crippen molar-refractivity contribution in [2.75, 3.05) is 26.1 Å². The molecule has 6 heteroatoms. The summed E-state index contributed by atoms with van der Waals surface area (Å²) in [6, 6.07) is 15.2. The average molecular weight is 342 g/mol. The molecule has 0 spiro atoms. The molecule has 0 aliphatic heterocycles. The molecule has 0 saturated carbocycles. The quantitative estimate of drug-likeness (QED) is 0.661. The van der Waals surface area contributed by atoms with Gasteiger partial charge < -0.3 is 19.9 Å². The van der Waals surface area contributed by atoms with E-state index >= 15 is 0 Å². The van der Waals surface area contributed by atoms with Gasteiger partial charge in [-0.2, -0.15) is 0 Å². The van der Waals surface area contributed by atoms with Crippen LogP contribution < -0.4 is 19.9 Å². The van der Waals surface area contributed by atoms with E-state index in [4.69, 9.17) is 19.9 Å². The van der Waals surface area contributed by atoms with Gasteiger partial charge in [0.1, 0.15) is 30.5 Å². The molecule has 0 saturated heterocycles. The molecule has 24 heavy (non-hydrogen) atoms. The van der Waals surface area contributed by atoms with Gasteiger partial charge in [0.25, 0.3) is 0 Å². The van der Waals surface area contributed by atoms with E-state index in [1.165, 1.54) is 11.3 Å². The first-order valence-electron chi connectivity index (χ1n) is 7.46. The SMILES string of the molecule is COc1ccc(OCCOc2ccccc2-c2csc(N)n2)cc1. The first kappa shape index (κ1) is 16.1. The average Bonchev–Trinajstić information content (AvgIpc) is 3.06. The molecule has 124 valence electrons. The number of benzene rings is 2. The van der Waals surface area contributed by atoms with Gasteiger partial charge in [-0.05, 0) is 36.4 Å². The summed E-state index contributed by atoms with van der Waals surface area (Å²) in [6.45, 7) is 0.878. The third-order valence-corrected chi connectivity index (χ3v) is 4.03. The maximum atomic E-state index is 5.84. The van der Waals surface area contributed by atoms with Crippen molar-refractivity contribution in [2.45, 2.75) is 0 Å². The molecule has 0 aliphatic carbocycles. The van der Waals surface area contributed by atoms with Crippen molar-refractivity contribution in [3.63, 3.8) is 0 Å². The zero-order valence-corrected chi connectivity index (χ0v) is 14.1. The fourth-order valence-corrected chi connectivity index (χ4v) is 2.76. The van der Waals surface area contributed by atoms with Gasteiger partial charge in [0, 0.05) is 10.9 Å². The fourth-order valence-electron chi connectivity index (χ4n) is 2.20. The predicted molar refractivity (Wildman–Crippen MR) is 95.9 cm³/mol. The highest BCUT2D eigenvalue weighted by atomic mass is 32.1. The van der Waals surface area contributed by atoms with Gasteiger partial charge in [0.2, 0.25) is 0 Å². The maximum absolute atomic E-state index is 5.84. The molecule has 2 aromatic carbocycles. The van der Waals surface area contributed by atoms with Crippen molar-refractivity contribution >= 4 is 16.5 Å². The molecular weight excluding hydrogens is 324 g/mol. The van der Waals surface area contributed by atoms with Crippen LogP contribution in [-0.4, -0.2) is 25.3 Å². The highest BCUT2D eigenvalue weighted by Gasteiger charge is 2.09. The molecule has 0 fully saturated rings. The third-order valence-electron chi connectivity index (χ3n) is 3.35. The molecule has 0 atom stereocenters. The third kappa shape index (κ3) is 3.97. The fraction of sp³-hybridized carbons (Fsp3) is 0.167. The van der Waals surface area contributed by atoms with E-state index in [0.717, 1.165) is 28.5 Å². The molecule has 5 nitrogen and oxygen atoms in total. The van der Waals surface area contributed by atoms with Crippen LogP contribution in [0.5, 0.6) is 17.2 Å². The molecule has 3 rings (SSSR count). The lowest BCUT2D eigenvalue weighted by molar-refractivity contribution is 0.217. The minimum atomic E-state index is 0.433. The Bertz CT molecular complexity index is 787. The van der Waals surface area contributed by atoms with Crippen LogP contribution >= 0.6 is 11.3 Å². The normalized spacial score (nSPS) is 10.4. The summed E-state index contributed by atoms with van der Waals surface area (Å²) in [5.41, 5.74) is 7.46. The lowest BCUT2D eigenvalue weighted by Gasteiger charge is -2.11. The first-order valence-corrected chi connectivity index (χ1v) is 8.34. The van der Waals surface area contributed by atoms with Gasteiger partial charge in [-0.15, -0.1) is 11.3 Å². The maximum Gasteiger partial charge on any atom is 0.180 e. The topological polar surface area (TPSA) is 66.6 Å². The van der Waals surface area contributed by atoms with Gasteiger partial charge in [-0.1, -0.05) is 12.1 Å². The van der Waals surface area contributed by atoms with E-state index in [0.29, 0.717) is 18.3 Å². The second kappa shape index (κ2) is 7.70. The van der Waals surface area contributed by atoms with E-state index in [9.17, 15) is 0 Å². The number of aromatic nitrogens is 1. The summed E-state index contributed by atoms with van der Waals surface area (Å²) in [5, 5.41) is 2.47. The molecule has 1 aromatic heterocycles. The van der Waals surface area contributed by atoms with Crippen LogP contribution in [0.4, 0.5) is 5.13 Å². The van der Waals surface area contributed by atoms with Crippen LogP contribution in [0, 0.1) is 0 Å². The first-order chi connectivity index (χ1) is 11.8.